The smallest absolute Gasteiger partial charge is 0.416 e. The Kier molecular flexibility index (Phi) is 7.24. The number of nitrogens with one attached hydrogen (secondary N) is 1. The first-order valence-electron chi connectivity index (χ1n) is 11.2. The van der Waals surface area contributed by atoms with Crippen LogP contribution in [-0.2, 0) is 25.3 Å². The summed E-state index contributed by atoms with van der Waals surface area (Å²) < 4.78 is 44.3. The predicted molar refractivity (Wildman–Crippen MR) is 133 cm³/mol. The molecule has 2 amide bonds. The lowest BCUT2D eigenvalue weighted by atomic mass is 9.82. The summed E-state index contributed by atoms with van der Waals surface area (Å²) in [7, 11) is 1.17. The number of alkyl halides is 3. The van der Waals surface area contributed by atoms with Crippen LogP contribution in [0.1, 0.15) is 29.0 Å². The van der Waals surface area contributed by atoms with Gasteiger partial charge in [-0.3, -0.25) is 19.3 Å². The molecule has 0 saturated carbocycles. The number of hydrogen-bond donors (Lipinski definition) is 2. The van der Waals surface area contributed by atoms with E-state index in [9.17, 15) is 32.8 Å². The molecule has 0 aromatic heterocycles. The molecular weight excluding hydrogens is 521 g/mol. The van der Waals surface area contributed by atoms with Crippen LogP contribution < -0.4 is 11.1 Å². The van der Waals surface area contributed by atoms with Crippen molar-refractivity contribution < 1.29 is 32.3 Å². The maximum atomic E-state index is 13.7. The Morgan fingerprint density at radius 2 is 1.89 bits per heavy atom. The second kappa shape index (κ2) is 10.3. The van der Waals surface area contributed by atoms with E-state index >= 15 is 0 Å². The number of aryl methyl sites for hydroxylation is 1. The molecule has 12 heteroatoms. The van der Waals surface area contributed by atoms with Gasteiger partial charge in [0, 0.05) is 5.69 Å². The first kappa shape index (κ1) is 26.8. The zero-order valence-corrected chi connectivity index (χ0v) is 20.9. The fraction of sp³-hybridized carbons (Fsp3) is 0.231. The molecule has 1 fully saturated rings. The van der Waals surface area contributed by atoms with E-state index in [2.05, 4.69) is 10.1 Å². The number of benzene rings is 2. The molecule has 3 N–H and O–H groups in total. The fourth-order valence-corrected chi connectivity index (χ4v) is 5.59. The third kappa shape index (κ3) is 4.97. The summed E-state index contributed by atoms with van der Waals surface area (Å²) in [5.41, 5.74) is 6.58. The number of rotatable bonds is 5. The van der Waals surface area contributed by atoms with E-state index in [4.69, 9.17) is 5.73 Å². The number of allylic oxidation sites excluding steroid dienone is 1. The second-order valence-corrected chi connectivity index (χ2v) is 9.76. The van der Waals surface area contributed by atoms with Crippen LogP contribution in [-0.4, -0.2) is 35.0 Å². The number of hydrogen-bond acceptors (Lipinski definition) is 7. The zero-order valence-electron chi connectivity index (χ0n) is 20.1. The van der Waals surface area contributed by atoms with Crippen LogP contribution in [0.2, 0.25) is 0 Å². The number of thioether (sulfide) groups is 1. The summed E-state index contributed by atoms with van der Waals surface area (Å²) in [5, 5.41) is 11.9. The van der Waals surface area contributed by atoms with Gasteiger partial charge in [-0.1, -0.05) is 36.0 Å². The van der Waals surface area contributed by atoms with Crippen molar-refractivity contribution >= 4 is 35.2 Å². The number of nitriles is 1. The molecule has 196 valence electrons. The van der Waals surface area contributed by atoms with E-state index in [-0.39, 0.29) is 34.0 Å². The van der Waals surface area contributed by atoms with Gasteiger partial charge in [-0.15, -0.1) is 0 Å². The number of amides is 2. The first-order chi connectivity index (χ1) is 18.0. The Morgan fingerprint density at radius 3 is 2.47 bits per heavy atom. The minimum absolute atomic E-state index is 0.0530. The number of carbonyl (C=O) groups excluding carboxylic acids is 3. The molecule has 2 aromatic rings. The molecule has 1 saturated heterocycles. The van der Waals surface area contributed by atoms with E-state index in [0.717, 1.165) is 34.4 Å². The normalized spacial score (nSPS) is 19.3. The molecule has 0 radical (unpaired) electrons. The highest BCUT2D eigenvalue weighted by molar-refractivity contribution is 8.04. The molecule has 2 aliphatic heterocycles. The van der Waals surface area contributed by atoms with Gasteiger partial charge in [0.05, 0.1) is 47.3 Å². The van der Waals surface area contributed by atoms with Crippen molar-refractivity contribution in [3.8, 4) is 6.07 Å². The average Bonchev–Trinajstić information content (AvgIpc) is 3.18. The number of nitrogens with zero attached hydrogens (tertiary/aromatic N) is 2. The summed E-state index contributed by atoms with van der Waals surface area (Å²) in [4.78, 5) is 39.9. The van der Waals surface area contributed by atoms with Crippen LogP contribution in [0.3, 0.4) is 0 Å². The number of ether oxygens (including phenoxy) is 1. The Hall–Kier alpha value is -4.24. The van der Waals surface area contributed by atoms with E-state index in [1.54, 1.807) is 18.2 Å². The SMILES string of the molecule is COC(=O)C[C@@H]1SC2=C(C(=O)Nc3cccc(C)c3)[C@@H](c3ccc(C(F)(F)F)cc3)C(C#N)=C(N)N2C1=O. The third-order valence-electron chi connectivity index (χ3n) is 6.07. The predicted octanol–water partition coefficient (Wildman–Crippen LogP) is 4.16. The fourth-order valence-electron chi connectivity index (χ4n) is 4.26. The number of fused-ring (bicyclic) bond motifs is 1. The lowest BCUT2D eigenvalue weighted by Crippen LogP contribution is -2.39. The molecule has 2 atom stereocenters. The average molecular weight is 543 g/mol. The van der Waals surface area contributed by atoms with E-state index in [0.29, 0.717) is 5.69 Å². The summed E-state index contributed by atoms with van der Waals surface area (Å²) in [6.07, 6.45) is -4.90. The molecule has 0 bridgehead atoms. The largest absolute Gasteiger partial charge is 0.469 e. The van der Waals surface area contributed by atoms with E-state index < -0.39 is 40.7 Å². The lowest BCUT2D eigenvalue weighted by Gasteiger charge is -2.32. The van der Waals surface area contributed by atoms with Gasteiger partial charge in [0.25, 0.3) is 5.91 Å². The van der Waals surface area contributed by atoms with Crippen LogP contribution >= 0.6 is 11.8 Å². The molecule has 2 aromatic carbocycles. The van der Waals surface area contributed by atoms with Crippen LogP contribution in [0, 0.1) is 18.3 Å². The Balaban J connectivity index is 1.88. The zero-order chi connectivity index (χ0) is 27.8. The van der Waals surface area contributed by atoms with Crippen LogP contribution in [0.25, 0.3) is 0 Å². The van der Waals surface area contributed by atoms with Gasteiger partial charge in [0.2, 0.25) is 5.91 Å². The molecule has 2 heterocycles. The summed E-state index contributed by atoms with van der Waals surface area (Å²) in [6, 6.07) is 12.9. The van der Waals surface area contributed by atoms with Crippen LogP contribution in [0.4, 0.5) is 18.9 Å². The highest BCUT2D eigenvalue weighted by Crippen LogP contribution is 2.50. The molecule has 4 rings (SSSR count). The van der Waals surface area contributed by atoms with Crippen molar-refractivity contribution in [1.82, 2.24) is 4.90 Å². The van der Waals surface area contributed by atoms with Crippen molar-refractivity contribution in [2.45, 2.75) is 30.7 Å². The molecule has 8 nitrogen and oxygen atoms in total. The number of anilines is 1. The van der Waals surface area contributed by atoms with E-state index in [1.165, 1.54) is 19.2 Å². The molecule has 0 unspecified atom stereocenters. The summed E-state index contributed by atoms with van der Waals surface area (Å²) in [5.74, 6) is -3.39. The third-order valence-corrected chi connectivity index (χ3v) is 7.35. The number of esters is 1. The lowest BCUT2D eigenvalue weighted by molar-refractivity contribution is -0.142. The number of halogens is 3. The first-order valence-corrected chi connectivity index (χ1v) is 12.1. The van der Waals surface area contributed by atoms with Gasteiger partial charge in [0.15, 0.2) is 0 Å². The van der Waals surface area contributed by atoms with Crippen molar-refractivity contribution in [2.75, 3.05) is 12.4 Å². The molecule has 38 heavy (non-hydrogen) atoms. The molecule has 0 spiro atoms. The van der Waals surface area contributed by atoms with Gasteiger partial charge in [-0.05, 0) is 42.3 Å². The highest BCUT2D eigenvalue weighted by Gasteiger charge is 2.48. The van der Waals surface area contributed by atoms with Crippen LogP contribution in [0.15, 0.2) is 70.5 Å². The molecule has 0 aliphatic carbocycles. The van der Waals surface area contributed by atoms with Crippen molar-refractivity contribution in [3.63, 3.8) is 0 Å². The number of carbonyl (C=O) groups is 3. The molecule has 2 aliphatic rings. The van der Waals surface area contributed by atoms with Crippen molar-refractivity contribution in [1.29, 1.82) is 5.26 Å². The monoisotopic (exact) mass is 542 g/mol. The highest BCUT2D eigenvalue weighted by atomic mass is 32.2. The summed E-state index contributed by atoms with van der Waals surface area (Å²) >= 11 is 0.909. The number of methoxy groups -OCH3 is 1. The maximum absolute atomic E-state index is 13.7. The minimum Gasteiger partial charge on any atom is -0.469 e. The van der Waals surface area contributed by atoms with Gasteiger partial charge in [0.1, 0.15) is 11.1 Å². The Bertz CT molecular complexity index is 1430. The van der Waals surface area contributed by atoms with Gasteiger partial charge >= 0.3 is 12.1 Å². The van der Waals surface area contributed by atoms with E-state index in [1.807, 2.05) is 19.1 Å². The second-order valence-electron chi connectivity index (χ2n) is 8.57. The topological polar surface area (TPSA) is 126 Å². The molecular formula is C26H21F3N4O4S. The van der Waals surface area contributed by atoms with Gasteiger partial charge < -0.3 is 15.8 Å². The Labute approximate surface area is 219 Å². The quantitative estimate of drug-likeness (QED) is 0.544. The van der Waals surface area contributed by atoms with Crippen molar-refractivity contribution in [3.05, 3.63) is 87.2 Å². The van der Waals surface area contributed by atoms with Gasteiger partial charge in [-0.2, -0.15) is 18.4 Å². The standard InChI is InChI=1S/C26H21F3N4O4S/c1-13-4-3-5-16(10-13)32-23(35)21-20(14-6-8-15(9-7-14)26(27,28)29)17(12-30)22(31)33-24(36)18(38-25(21)33)11-19(34)37-2/h3-10,18,20H,11,31H2,1-2H3,(H,32,35)/t18-,20-/m0/s1. The summed E-state index contributed by atoms with van der Waals surface area (Å²) in [6.45, 7) is 1.82. The van der Waals surface area contributed by atoms with Crippen molar-refractivity contribution in [2.24, 2.45) is 5.73 Å². The maximum Gasteiger partial charge on any atom is 0.416 e. The van der Waals surface area contributed by atoms with Gasteiger partial charge in [-0.25, -0.2) is 0 Å². The minimum atomic E-state index is -4.59. The van der Waals surface area contributed by atoms with Crippen LogP contribution in [0.5, 0.6) is 0 Å². The number of nitrogens with two attached hydrogens (primary N) is 1. The Morgan fingerprint density at radius 1 is 1.21 bits per heavy atom.